The summed E-state index contributed by atoms with van der Waals surface area (Å²) in [6, 6.07) is 0. The largest absolute Gasteiger partial charge is 0.462 e. The molecule has 0 bridgehead atoms. The van der Waals surface area contributed by atoms with Crippen LogP contribution < -0.4 is 0 Å². The highest BCUT2D eigenvalue weighted by Crippen LogP contribution is 2.26. The number of carbonyl (C=O) groups excluding carboxylic acids is 2. The molecule has 15 nitrogen and oxygen atoms in total. The van der Waals surface area contributed by atoms with Crippen LogP contribution in [0.25, 0.3) is 0 Å². The normalized spacial score (nSPS) is 26.0. The van der Waals surface area contributed by atoms with Gasteiger partial charge in [0.15, 0.2) is 18.7 Å². The van der Waals surface area contributed by atoms with E-state index in [1.807, 2.05) is 6.08 Å². The van der Waals surface area contributed by atoms with Crippen molar-refractivity contribution in [1.82, 2.24) is 0 Å². The topological polar surface area (TPSA) is 231 Å². The number of aliphatic hydroxyl groups excluding tert-OH is 7. The third kappa shape index (κ3) is 28.0. The molecule has 2 heterocycles. The zero-order chi connectivity index (χ0) is 48.9. The summed E-state index contributed by atoms with van der Waals surface area (Å²) in [5.74, 6) is -0.970. The Labute approximate surface area is 403 Å². The van der Waals surface area contributed by atoms with E-state index in [1.165, 1.54) is 141 Å². The molecule has 2 aliphatic rings. The highest BCUT2D eigenvalue weighted by molar-refractivity contribution is 5.70. The number of carbonyl (C=O) groups is 2. The summed E-state index contributed by atoms with van der Waals surface area (Å²) in [6.45, 7) is 2.58. The smallest absolute Gasteiger partial charge is 0.306 e. The molecule has 0 amide bonds. The standard InChI is InChI=1S/C52H96O15/c1-3-5-7-9-11-13-15-17-19-21-22-24-26-28-30-32-34-43(54)62-37-40(65-44(55)35-33-31-29-27-25-23-20-18-16-14-12-10-8-6-4-2)38-63-51-50(61)48(59)46(57)42(67-51)39-64-52-49(60)47(58)45(56)41(36-53)66-52/h29,31,40-42,45-53,56-61H,3-28,30,32-39H2,1-2H3/b31-29+/t40-,41+,42+,45-,46-,47?,48?,49?,50?,51+,52+/m0/s1. The molecule has 15 heteroatoms. The maximum atomic E-state index is 13.0. The lowest BCUT2D eigenvalue weighted by molar-refractivity contribution is -0.332. The molecule has 0 aliphatic carbocycles. The number of unbranched alkanes of at least 4 members (excludes halogenated alkanes) is 26. The van der Waals surface area contributed by atoms with E-state index in [1.54, 1.807) is 0 Å². The Bertz CT molecular complexity index is 1220. The van der Waals surface area contributed by atoms with Crippen molar-refractivity contribution in [3.8, 4) is 0 Å². The van der Waals surface area contributed by atoms with E-state index in [2.05, 4.69) is 19.9 Å². The van der Waals surface area contributed by atoms with Crippen molar-refractivity contribution in [2.24, 2.45) is 0 Å². The maximum absolute atomic E-state index is 13.0. The summed E-state index contributed by atoms with van der Waals surface area (Å²) in [4.78, 5) is 25.7. The zero-order valence-corrected chi connectivity index (χ0v) is 41.7. The van der Waals surface area contributed by atoms with Gasteiger partial charge in [-0.05, 0) is 25.7 Å². The van der Waals surface area contributed by atoms with E-state index in [0.29, 0.717) is 12.8 Å². The average Bonchev–Trinajstić information content (AvgIpc) is 3.32. The molecule has 0 spiro atoms. The van der Waals surface area contributed by atoms with E-state index in [-0.39, 0.29) is 19.4 Å². The number of allylic oxidation sites excluding steroid dienone is 2. The minimum atomic E-state index is -1.77. The number of rotatable bonds is 42. The molecule has 0 aromatic carbocycles. The van der Waals surface area contributed by atoms with E-state index in [0.717, 1.165) is 32.1 Å². The van der Waals surface area contributed by atoms with E-state index < -0.39 is 99.3 Å². The highest BCUT2D eigenvalue weighted by Gasteiger charge is 2.47. The quantitative estimate of drug-likeness (QED) is 0.0176. The first-order valence-corrected chi connectivity index (χ1v) is 26.8. The maximum Gasteiger partial charge on any atom is 0.306 e. The van der Waals surface area contributed by atoms with Gasteiger partial charge in [-0.2, -0.15) is 0 Å². The van der Waals surface area contributed by atoms with Crippen LogP contribution in [0.15, 0.2) is 12.2 Å². The van der Waals surface area contributed by atoms with Gasteiger partial charge < -0.3 is 64.2 Å². The Morgan fingerprint density at radius 3 is 1.37 bits per heavy atom. The van der Waals surface area contributed by atoms with Crippen LogP contribution in [0.4, 0.5) is 0 Å². The fraction of sp³-hybridized carbons (Fsp3) is 0.923. The first-order valence-electron chi connectivity index (χ1n) is 26.8. The molecule has 0 saturated carbocycles. The lowest BCUT2D eigenvalue weighted by Crippen LogP contribution is -2.61. The second-order valence-corrected chi connectivity index (χ2v) is 19.1. The molecule has 394 valence electrons. The van der Waals surface area contributed by atoms with Crippen LogP contribution in [0.5, 0.6) is 0 Å². The van der Waals surface area contributed by atoms with Crippen molar-refractivity contribution in [3.05, 3.63) is 12.2 Å². The molecule has 2 fully saturated rings. The number of esters is 2. The van der Waals surface area contributed by atoms with Crippen LogP contribution in [0.2, 0.25) is 0 Å². The third-order valence-corrected chi connectivity index (χ3v) is 13.0. The minimum absolute atomic E-state index is 0.0865. The van der Waals surface area contributed by atoms with E-state index in [4.69, 9.17) is 28.4 Å². The number of ether oxygens (including phenoxy) is 6. The van der Waals surface area contributed by atoms with Crippen LogP contribution in [0.1, 0.15) is 213 Å². The Morgan fingerprint density at radius 1 is 0.463 bits per heavy atom. The minimum Gasteiger partial charge on any atom is -0.462 e. The fourth-order valence-corrected chi connectivity index (χ4v) is 8.59. The molecule has 11 atom stereocenters. The van der Waals surface area contributed by atoms with Crippen LogP contribution in [0, 0.1) is 0 Å². The van der Waals surface area contributed by atoms with Gasteiger partial charge in [-0.15, -0.1) is 0 Å². The number of hydrogen-bond donors (Lipinski definition) is 7. The van der Waals surface area contributed by atoms with Crippen molar-refractivity contribution in [1.29, 1.82) is 0 Å². The SMILES string of the molecule is CCCCCCCCCCCCC/C=C/CCC(=O)O[C@@H](COC(=O)CCCCCCCCCCCCCCCCCC)CO[C@@H]1O[C@H](CO[C@@H]2O[C@H](CO)[C@H](O)C(O)C2O)[C@H](O)C(O)C1O. The van der Waals surface area contributed by atoms with Gasteiger partial charge >= 0.3 is 11.9 Å². The van der Waals surface area contributed by atoms with E-state index >= 15 is 0 Å². The van der Waals surface area contributed by atoms with Crippen LogP contribution >= 0.6 is 0 Å². The molecule has 0 aromatic heterocycles. The van der Waals surface area contributed by atoms with Crippen molar-refractivity contribution >= 4 is 11.9 Å². The van der Waals surface area contributed by atoms with Crippen LogP contribution in [0.3, 0.4) is 0 Å². The molecule has 0 aromatic rings. The van der Waals surface area contributed by atoms with Crippen LogP contribution in [-0.2, 0) is 38.0 Å². The monoisotopic (exact) mass is 961 g/mol. The summed E-state index contributed by atoms with van der Waals surface area (Å²) >= 11 is 0. The zero-order valence-electron chi connectivity index (χ0n) is 41.7. The predicted molar refractivity (Wildman–Crippen MR) is 257 cm³/mol. The van der Waals surface area contributed by atoms with Crippen molar-refractivity contribution in [2.45, 2.75) is 280 Å². The average molecular weight is 961 g/mol. The number of hydrogen-bond acceptors (Lipinski definition) is 15. The molecule has 2 saturated heterocycles. The van der Waals surface area contributed by atoms with Gasteiger partial charge in [-0.25, -0.2) is 0 Å². The molecule has 67 heavy (non-hydrogen) atoms. The Hall–Kier alpha value is -1.76. The molecule has 4 unspecified atom stereocenters. The van der Waals surface area contributed by atoms with Gasteiger partial charge in [0.25, 0.3) is 0 Å². The molecule has 2 rings (SSSR count). The Balaban J connectivity index is 1.80. The van der Waals surface area contributed by atoms with Gasteiger partial charge in [-0.3, -0.25) is 9.59 Å². The third-order valence-electron chi connectivity index (χ3n) is 13.0. The molecule has 7 N–H and O–H groups in total. The van der Waals surface area contributed by atoms with Crippen molar-refractivity contribution in [2.75, 3.05) is 26.4 Å². The molecular formula is C52H96O15. The molecule has 0 radical (unpaired) electrons. The second kappa shape index (κ2) is 39.9. The lowest BCUT2D eigenvalue weighted by atomic mass is 9.98. The fourth-order valence-electron chi connectivity index (χ4n) is 8.59. The van der Waals surface area contributed by atoms with Gasteiger partial charge in [0, 0.05) is 12.8 Å². The summed E-state index contributed by atoms with van der Waals surface area (Å²) in [7, 11) is 0. The molecular weight excluding hydrogens is 865 g/mol. The summed E-state index contributed by atoms with van der Waals surface area (Å²) in [6.07, 6.45) is 22.5. The summed E-state index contributed by atoms with van der Waals surface area (Å²) < 4.78 is 33.6. The van der Waals surface area contributed by atoms with Crippen molar-refractivity contribution in [3.63, 3.8) is 0 Å². The first kappa shape index (κ1) is 61.4. The predicted octanol–water partition coefficient (Wildman–Crippen LogP) is 7.77. The van der Waals surface area contributed by atoms with Gasteiger partial charge in [0.2, 0.25) is 0 Å². The lowest BCUT2D eigenvalue weighted by Gasteiger charge is -2.42. The Kier molecular flexibility index (Phi) is 36.5. The summed E-state index contributed by atoms with van der Waals surface area (Å²) in [5.41, 5.74) is 0. The van der Waals surface area contributed by atoms with Crippen LogP contribution in [-0.4, -0.2) is 142 Å². The van der Waals surface area contributed by atoms with Gasteiger partial charge in [0.05, 0.1) is 19.8 Å². The number of aliphatic hydroxyl groups is 7. The first-order chi connectivity index (χ1) is 32.5. The Morgan fingerprint density at radius 2 is 0.881 bits per heavy atom. The molecule has 2 aliphatic heterocycles. The second-order valence-electron chi connectivity index (χ2n) is 19.1. The van der Waals surface area contributed by atoms with Crippen molar-refractivity contribution < 1.29 is 73.8 Å². The highest BCUT2D eigenvalue weighted by atomic mass is 16.7. The van der Waals surface area contributed by atoms with Gasteiger partial charge in [-0.1, -0.05) is 187 Å². The van der Waals surface area contributed by atoms with E-state index in [9.17, 15) is 45.3 Å². The van der Waals surface area contributed by atoms with Gasteiger partial charge in [0.1, 0.15) is 55.4 Å². The summed E-state index contributed by atoms with van der Waals surface area (Å²) in [5, 5.41) is 72.1.